The van der Waals surface area contributed by atoms with Crippen molar-refractivity contribution in [3.63, 3.8) is 0 Å². The van der Waals surface area contributed by atoms with Gasteiger partial charge in [-0.25, -0.2) is 0 Å². The van der Waals surface area contributed by atoms with E-state index in [2.05, 4.69) is 19.0 Å². The fraction of sp³-hybridized carbons (Fsp3) is 0.533. The molecule has 0 aliphatic rings. The van der Waals surface area contributed by atoms with Gasteiger partial charge in [-0.1, -0.05) is 19.0 Å². The van der Waals surface area contributed by atoms with Gasteiger partial charge in [0.2, 0.25) is 0 Å². The molecule has 112 valence electrons. The Morgan fingerprint density at radius 1 is 1.20 bits per heavy atom. The second kappa shape index (κ2) is 9.20. The molecule has 5 heteroatoms. The van der Waals surface area contributed by atoms with E-state index in [1.807, 2.05) is 0 Å². The Labute approximate surface area is 120 Å². The number of hydrogen-bond acceptors (Lipinski definition) is 4. The van der Waals surface area contributed by atoms with Crippen LogP contribution in [0.25, 0.3) is 0 Å². The second-order valence-electron chi connectivity index (χ2n) is 5.01. The van der Waals surface area contributed by atoms with Gasteiger partial charge in [0.25, 0.3) is 0 Å². The lowest BCUT2D eigenvalue weighted by atomic mass is 10.1. The highest BCUT2D eigenvalue weighted by Crippen LogP contribution is 2.12. The fourth-order valence-electron chi connectivity index (χ4n) is 1.69. The summed E-state index contributed by atoms with van der Waals surface area (Å²) in [7, 11) is 0. The third-order valence-electron chi connectivity index (χ3n) is 2.82. The summed E-state index contributed by atoms with van der Waals surface area (Å²) in [6.45, 7) is 6.30. The van der Waals surface area contributed by atoms with Gasteiger partial charge in [-0.05, 0) is 43.0 Å². The van der Waals surface area contributed by atoms with Crippen LogP contribution in [0.5, 0.6) is 5.75 Å². The molecule has 0 atom stereocenters. The average molecular weight is 280 g/mol. The molecule has 1 aromatic carbocycles. The average Bonchev–Trinajstić information content (AvgIpc) is 2.45. The van der Waals surface area contributed by atoms with Gasteiger partial charge in [-0.2, -0.15) is 0 Å². The highest BCUT2D eigenvalue weighted by atomic mass is 16.5. The van der Waals surface area contributed by atoms with Crippen LogP contribution in [0.1, 0.15) is 32.3 Å². The molecule has 0 aromatic heterocycles. The Kier molecular flexibility index (Phi) is 7.50. The molecule has 0 unspecified atom stereocenters. The molecule has 0 aliphatic heterocycles. The summed E-state index contributed by atoms with van der Waals surface area (Å²) in [5, 5.41) is 11.5. The van der Waals surface area contributed by atoms with Gasteiger partial charge in [0.1, 0.15) is 12.4 Å². The zero-order chi connectivity index (χ0) is 14.8. The summed E-state index contributed by atoms with van der Waals surface area (Å²) < 4.78 is 11.0. The van der Waals surface area contributed by atoms with Crippen LogP contribution < -0.4 is 10.5 Å². The third kappa shape index (κ3) is 6.43. The quantitative estimate of drug-likeness (QED) is 0.240. The van der Waals surface area contributed by atoms with E-state index in [4.69, 9.17) is 20.4 Å². The van der Waals surface area contributed by atoms with E-state index in [0.29, 0.717) is 18.8 Å². The Hall–Kier alpha value is -1.75. The Morgan fingerprint density at radius 3 is 2.50 bits per heavy atom. The van der Waals surface area contributed by atoms with Crippen LogP contribution in [0.15, 0.2) is 29.4 Å². The second-order valence-corrected chi connectivity index (χ2v) is 5.01. The summed E-state index contributed by atoms with van der Waals surface area (Å²) in [6.07, 6.45) is 2.28. The lowest BCUT2D eigenvalue weighted by Gasteiger charge is -2.08. The molecule has 0 bridgehead atoms. The Balaban J connectivity index is 2.16. The fourth-order valence-corrected chi connectivity index (χ4v) is 1.69. The summed E-state index contributed by atoms with van der Waals surface area (Å²) in [5.74, 6) is 1.55. The molecular formula is C15H24N2O3. The van der Waals surface area contributed by atoms with E-state index in [-0.39, 0.29) is 5.84 Å². The van der Waals surface area contributed by atoms with Crippen molar-refractivity contribution in [1.82, 2.24) is 0 Å². The highest BCUT2D eigenvalue weighted by Gasteiger charge is 2.00. The zero-order valence-corrected chi connectivity index (χ0v) is 12.2. The van der Waals surface area contributed by atoms with Gasteiger partial charge in [-0.15, -0.1) is 0 Å². The highest BCUT2D eigenvalue weighted by molar-refractivity contribution is 5.97. The predicted molar refractivity (Wildman–Crippen MR) is 79.3 cm³/mol. The van der Waals surface area contributed by atoms with Gasteiger partial charge in [-0.3, -0.25) is 0 Å². The number of amidine groups is 1. The first kappa shape index (κ1) is 16.3. The number of ether oxygens (including phenoxy) is 2. The van der Waals surface area contributed by atoms with Gasteiger partial charge in [0, 0.05) is 12.2 Å². The summed E-state index contributed by atoms with van der Waals surface area (Å²) in [6, 6.07) is 7.06. The van der Waals surface area contributed by atoms with Crippen LogP contribution in [0, 0.1) is 5.92 Å². The monoisotopic (exact) mass is 280 g/mol. The van der Waals surface area contributed by atoms with Crippen LogP contribution in [0.2, 0.25) is 0 Å². The molecule has 0 radical (unpaired) electrons. The first-order valence-corrected chi connectivity index (χ1v) is 6.92. The van der Waals surface area contributed by atoms with Gasteiger partial charge >= 0.3 is 0 Å². The normalized spacial score (nSPS) is 11.8. The molecule has 0 fully saturated rings. The van der Waals surface area contributed by atoms with Crippen molar-refractivity contribution in [1.29, 1.82) is 0 Å². The van der Waals surface area contributed by atoms with Crippen molar-refractivity contribution >= 4 is 5.84 Å². The molecule has 0 heterocycles. The summed E-state index contributed by atoms with van der Waals surface area (Å²) in [5.41, 5.74) is 6.13. The van der Waals surface area contributed by atoms with E-state index >= 15 is 0 Å². The number of nitrogens with zero attached hydrogens (tertiary/aromatic N) is 1. The molecule has 5 nitrogen and oxygen atoms in total. The van der Waals surface area contributed by atoms with Crippen molar-refractivity contribution in [2.24, 2.45) is 16.8 Å². The van der Waals surface area contributed by atoms with E-state index in [1.54, 1.807) is 24.3 Å². The third-order valence-corrected chi connectivity index (χ3v) is 2.82. The van der Waals surface area contributed by atoms with Crippen molar-refractivity contribution in [3.05, 3.63) is 29.8 Å². The molecule has 3 N–H and O–H groups in total. The smallest absolute Gasteiger partial charge is 0.170 e. The first-order chi connectivity index (χ1) is 9.63. The molecule has 0 spiro atoms. The van der Waals surface area contributed by atoms with Crippen LogP contribution in [-0.2, 0) is 4.74 Å². The molecule has 0 amide bonds. The molecule has 1 aromatic rings. The predicted octanol–water partition coefficient (Wildman–Crippen LogP) is 2.61. The zero-order valence-electron chi connectivity index (χ0n) is 12.2. The molecule has 0 saturated carbocycles. The van der Waals surface area contributed by atoms with Crippen molar-refractivity contribution in [2.75, 3.05) is 19.8 Å². The van der Waals surface area contributed by atoms with Crippen molar-refractivity contribution in [2.45, 2.75) is 26.7 Å². The number of benzene rings is 1. The van der Waals surface area contributed by atoms with Crippen LogP contribution in [0.4, 0.5) is 0 Å². The number of oxime groups is 1. The minimum atomic E-state index is 0.0880. The molecule has 20 heavy (non-hydrogen) atoms. The van der Waals surface area contributed by atoms with Gasteiger partial charge < -0.3 is 20.4 Å². The SMILES string of the molecule is CC(C)CCCOCCOc1ccc(/C(N)=N/O)cc1. The molecule has 0 aliphatic carbocycles. The lowest BCUT2D eigenvalue weighted by Crippen LogP contribution is -2.13. The van der Waals surface area contributed by atoms with Crippen LogP contribution in [-0.4, -0.2) is 30.9 Å². The minimum Gasteiger partial charge on any atom is -0.491 e. The maximum atomic E-state index is 8.55. The maximum absolute atomic E-state index is 8.55. The number of hydrogen-bond donors (Lipinski definition) is 2. The van der Waals surface area contributed by atoms with E-state index in [1.165, 1.54) is 6.42 Å². The number of nitrogens with two attached hydrogens (primary N) is 1. The lowest BCUT2D eigenvalue weighted by molar-refractivity contribution is 0.0957. The largest absolute Gasteiger partial charge is 0.491 e. The van der Waals surface area contributed by atoms with E-state index in [0.717, 1.165) is 24.7 Å². The van der Waals surface area contributed by atoms with Gasteiger partial charge in [0.15, 0.2) is 5.84 Å². The summed E-state index contributed by atoms with van der Waals surface area (Å²) in [4.78, 5) is 0. The molecule has 0 saturated heterocycles. The first-order valence-electron chi connectivity index (χ1n) is 6.92. The topological polar surface area (TPSA) is 77.1 Å². The maximum Gasteiger partial charge on any atom is 0.170 e. The Morgan fingerprint density at radius 2 is 1.90 bits per heavy atom. The standard InChI is InChI=1S/C15H24N2O3/c1-12(2)4-3-9-19-10-11-20-14-7-5-13(6-8-14)15(16)17-18/h5-8,12,18H,3-4,9-11H2,1-2H3,(H2,16,17). The van der Waals surface area contributed by atoms with E-state index < -0.39 is 0 Å². The van der Waals surface area contributed by atoms with E-state index in [9.17, 15) is 0 Å². The summed E-state index contributed by atoms with van der Waals surface area (Å²) >= 11 is 0. The van der Waals surface area contributed by atoms with Crippen LogP contribution in [0.3, 0.4) is 0 Å². The number of rotatable bonds is 9. The Bertz CT molecular complexity index is 402. The van der Waals surface area contributed by atoms with Crippen molar-refractivity contribution in [3.8, 4) is 5.75 Å². The molecular weight excluding hydrogens is 256 g/mol. The minimum absolute atomic E-state index is 0.0880. The molecule has 1 rings (SSSR count). The van der Waals surface area contributed by atoms with Crippen molar-refractivity contribution < 1.29 is 14.7 Å². The van der Waals surface area contributed by atoms with Crippen LogP contribution >= 0.6 is 0 Å². The van der Waals surface area contributed by atoms with Gasteiger partial charge in [0.05, 0.1) is 6.61 Å².